The first-order valence-electron chi connectivity index (χ1n) is 8.75. The quantitative estimate of drug-likeness (QED) is 0.395. The van der Waals surface area contributed by atoms with E-state index in [0.717, 1.165) is 27.9 Å². The topological polar surface area (TPSA) is 76.4 Å². The molecule has 28 heavy (non-hydrogen) atoms. The Balaban J connectivity index is 1.39. The second kappa shape index (κ2) is 8.08. The summed E-state index contributed by atoms with van der Waals surface area (Å²) in [6.45, 7) is 3.01. The van der Waals surface area contributed by atoms with Crippen LogP contribution in [0.25, 0.3) is 11.0 Å². The number of benzene rings is 1. The fourth-order valence-electron chi connectivity index (χ4n) is 3.23. The van der Waals surface area contributed by atoms with Gasteiger partial charge in [-0.2, -0.15) is 5.10 Å². The van der Waals surface area contributed by atoms with Gasteiger partial charge in [0, 0.05) is 44.1 Å². The van der Waals surface area contributed by atoms with Gasteiger partial charge in [0.25, 0.3) is 0 Å². The van der Waals surface area contributed by atoms with E-state index < -0.39 is 0 Å². The lowest BCUT2D eigenvalue weighted by atomic mass is 10.2. The lowest BCUT2D eigenvalue weighted by Gasteiger charge is -2.36. The van der Waals surface area contributed by atoms with Crippen LogP contribution in [0.2, 0.25) is 5.02 Å². The zero-order chi connectivity index (χ0) is 19.7. The van der Waals surface area contributed by atoms with Gasteiger partial charge in [-0.15, -0.1) is 0 Å². The highest BCUT2D eigenvalue weighted by Gasteiger charge is 2.22. The van der Waals surface area contributed by atoms with E-state index in [2.05, 4.69) is 42.6 Å². The van der Waals surface area contributed by atoms with Crippen molar-refractivity contribution in [3.63, 3.8) is 0 Å². The van der Waals surface area contributed by atoms with Crippen LogP contribution in [0.3, 0.4) is 0 Å². The number of fused-ring (bicyclic) bond motifs is 1. The van der Waals surface area contributed by atoms with Gasteiger partial charge in [0.05, 0.1) is 17.5 Å². The summed E-state index contributed by atoms with van der Waals surface area (Å²) in [5.41, 5.74) is 1.65. The van der Waals surface area contributed by atoms with Crippen LogP contribution in [0, 0.1) is 3.70 Å². The van der Waals surface area contributed by atoms with E-state index in [1.807, 2.05) is 29.3 Å². The highest BCUT2D eigenvalue weighted by atomic mass is 127. The molecular formula is C18H18ClIN6O2. The van der Waals surface area contributed by atoms with E-state index in [1.165, 1.54) is 6.33 Å². The smallest absolute Gasteiger partial charge is 0.244 e. The number of piperazine rings is 1. The van der Waals surface area contributed by atoms with Gasteiger partial charge in [0.1, 0.15) is 22.3 Å². The normalized spacial score (nSPS) is 14.5. The molecule has 1 aliphatic rings. The lowest BCUT2D eigenvalue weighted by Crippen LogP contribution is -2.49. The fourth-order valence-corrected chi connectivity index (χ4v) is 3.93. The molecule has 0 unspecified atom stereocenters. The van der Waals surface area contributed by atoms with Crippen molar-refractivity contribution in [3.05, 3.63) is 39.4 Å². The van der Waals surface area contributed by atoms with E-state index in [9.17, 15) is 4.79 Å². The summed E-state index contributed by atoms with van der Waals surface area (Å²) in [6.07, 6.45) is 3.31. The van der Waals surface area contributed by atoms with Gasteiger partial charge in [-0.1, -0.05) is 11.6 Å². The van der Waals surface area contributed by atoms with Gasteiger partial charge in [-0.25, -0.2) is 9.97 Å². The monoisotopic (exact) mass is 512 g/mol. The van der Waals surface area contributed by atoms with E-state index in [0.29, 0.717) is 29.5 Å². The predicted molar refractivity (Wildman–Crippen MR) is 115 cm³/mol. The van der Waals surface area contributed by atoms with Crippen LogP contribution in [0.5, 0.6) is 5.75 Å². The molecule has 0 radical (unpaired) electrons. The van der Waals surface area contributed by atoms with Crippen molar-refractivity contribution in [1.29, 1.82) is 0 Å². The Labute approximate surface area is 180 Å². The maximum atomic E-state index is 12.7. The zero-order valence-electron chi connectivity index (χ0n) is 15.2. The molecule has 0 saturated carbocycles. The first kappa shape index (κ1) is 19.2. The Morgan fingerprint density at radius 2 is 2.04 bits per heavy atom. The Morgan fingerprint density at radius 1 is 1.25 bits per heavy atom. The molecule has 0 N–H and O–H groups in total. The van der Waals surface area contributed by atoms with Crippen LogP contribution < -0.4 is 9.64 Å². The average molecular weight is 513 g/mol. The molecule has 0 atom stereocenters. The van der Waals surface area contributed by atoms with Crippen molar-refractivity contribution in [3.8, 4) is 5.75 Å². The Kier molecular flexibility index (Phi) is 5.54. The van der Waals surface area contributed by atoms with Gasteiger partial charge in [-0.05, 0) is 34.7 Å². The lowest BCUT2D eigenvalue weighted by molar-refractivity contribution is -0.132. The molecule has 8 nitrogen and oxygen atoms in total. The molecule has 146 valence electrons. The number of methoxy groups -OCH3 is 1. The van der Waals surface area contributed by atoms with Gasteiger partial charge in [-0.3, -0.25) is 9.48 Å². The van der Waals surface area contributed by atoms with Crippen molar-refractivity contribution < 1.29 is 9.53 Å². The largest absolute Gasteiger partial charge is 0.495 e. The maximum absolute atomic E-state index is 12.7. The number of nitrogens with zero attached hydrogens (tertiary/aromatic N) is 6. The maximum Gasteiger partial charge on any atom is 0.244 e. The molecule has 10 heteroatoms. The average Bonchev–Trinajstić information content (AvgIpc) is 3.12. The highest BCUT2D eigenvalue weighted by molar-refractivity contribution is 14.1. The summed E-state index contributed by atoms with van der Waals surface area (Å²) in [5.74, 6) is 0.699. The molecule has 1 aromatic carbocycles. The van der Waals surface area contributed by atoms with Crippen LogP contribution in [-0.2, 0) is 11.3 Å². The molecule has 0 spiro atoms. The van der Waals surface area contributed by atoms with Gasteiger partial charge < -0.3 is 14.5 Å². The van der Waals surface area contributed by atoms with Crippen molar-refractivity contribution in [2.45, 2.75) is 6.54 Å². The number of ether oxygens (including phenoxy) is 1. The minimum Gasteiger partial charge on any atom is -0.495 e. The van der Waals surface area contributed by atoms with Gasteiger partial charge in [0.15, 0.2) is 5.65 Å². The van der Waals surface area contributed by atoms with Crippen LogP contribution in [0.15, 0.2) is 30.7 Å². The molecule has 3 heterocycles. The van der Waals surface area contributed by atoms with Gasteiger partial charge in [0.2, 0.25) is 5.91 Å². The molecule has 1 aliphatic heterocycles. The van der Waals surface area contributed by atoms with Gasteiger partial charge >= 0.3 is 0 Å². The second-order valence-corrected chi connectivity index (χ2v) is 7.84. The molecule has 1 fully saturated rings. The predicted octanol–water partition coefficient (Wildman–Crippen LogP) is 2.44. The van der Waals surface area contributed by atoms with E-state index in [1.54, 1.807) is 11.8 Å². The Hall–Kier alpha value is -2.14. The molecule has 2 aromatic heterocycles. The molecular weight excluding hydrogens is 495 g/mol. The molecule has 3 aromatic rings. The van der Waals surface area contributed by atoms with Crippen LogP contribution >= 0.6 is 34.2 Å². The number of halogens is 2. The second-order valence-electron chi connectivity index (χ2n) is 6.42. The third kappa shape index (κ3) is 3.86. The summed E-state index contributed by atoms with van der Waals surface area (Å²) in [6, 6.07) is 5.73. The first-order chi connectivity index (χ1) is 13.5. The number of rotatable bonds is 4. The Morgan fingerprint density at radius 3 is 2.75 bits per heavy atom. The number of hydrogen-bond acceptors (Lipinski definition) is 6. The third-order valence-corrected chi connectivity index (χ3v) is 5.92. The standard InChI is InChI=1S/C18H18ClIN6O2/c1-28-15-8-12(2-3-14(15)19)24-4-6-25(7-5-24)16(27)10-26-9-13-17(20)21-11-22-18(13)23-26/h2-3,8-9,11H,4-7,10H2,1H3. The molecule has 0 bridgehead atoms. The molecule has 1 amide bonds. The number of hydrogen-bond donors (Lipinski definition) is 0. The number of carbonyl (C=O) groups is 1. The van der Waals surface area contributed by atoms with Crippen LogP contribution in [-0.4, -0.2) is 63.8 Å². The van der Waals surface area contributed by atoms with Crippen molar-refractivity contribution in [2.75, 3.05) is 38.2 Å². The van der Waals surface area contributed by atoms with Crippen LogP contribution in [0.4, 0.5) is 5.69 Å². The van der Waals surface area contributed by atoms with Crippen LogP contribution in [0.1, 0.15) is 0 Å². The number of aromatic nitrogens is 4. The van der Waals surface area contributed by atoms with Crippen molar-refractivity contribution in [2.24, 2.45) is 0 Å². The summed E-state index contributed by atoms with van der Waals surface area (Å²) in [5, 5.41) is 5.82. The number of amides is 1. The summed E-state index contributed by atoms with van der Waals surface area (Å²) in [4.78, 5) is 25.1. The van der Waals surface area contributed by atoms with Crippen molar-refractivity contribution in [1.82, 2.24) is 24.6 Å². The zero-order valence-corrected chi connectivity index (χ0v) is 18.1. The molecule has 0 aliphatic carbocycles. The first-order valence-corrected chi connectivity index (χ1v) is 10.2. The SMILES string of the molecule is COc1cc(N2CCN(C(=O)Cn3cc4c(I)ncnc4n3)CC2)ccc1Cl. The summed E-state index contributed by atoms with van der Waals surface area (Å²) in [7, 11) is 1.60. The fraction of sp³-hybridized carbons (Fsp3) is 0.333. The summed E-state index contributed by atoms with van der Waals surface area (Å²) >= 11 is 8.24. The summed E-state index contributed by atoms with van der Waals surface area (Å²) < 4.78 is 7.76. The van der Waals surface area contributed by atoms with Crippen molar-refractivity contribution >= 4 is 56.8 Å². The highest BCUT2D eigenvalue weighted by Crippen LogP contribution is 2.29. The molecule has 1 saturated heterocycles. The van der Waals surface area contributed by atoms with E-state index >= 15 is 0 Å². The minimum atomic E-state index is 0.0455. The molecule has 4 rings (SSSR count). The number of anilines is 1. The number of carbonyl (C=O) groups excluding carboxylic acids is 1. The van der Waals surface area contributed by atoms with E-state index in [-0.39, 0.29) is 12.5 Å². The minimum absolute atomic E-state index is 0.0455. The third-order valence-electron chi connectivity index (χ3n) is 4.75. The van der Waals surface area contributed by atoms with E-state index in [4.69, 9.17) is 16.3 Å². The Bertz CT molecular complexity index is 1020.